The third-order valence-electron chi connectivity index (χ3n) is 4.34. The maximum atomic E-state index is 12.0. The summed E-state index contributed by atoms with van der Waals surface area (Å²) in [6.45, 7) is 0.148. The molecule has 0 radical (unpaired) electrons. The molecule has 0 bridgehead atoms. The zero-order chi connectivity index (χ0) is 17.8. The molecule has 2 heterocycles. The normalized spacial score (nSPS) is 13.2. The van der Waals surface area contributed by atoms with Gasteiger partial charge in [0.15, 0.2) is 6.61 Å². The van der Waals surface area contributed by atoms with E-state index in [0.29, 0.717) is 11.7 Å². The van der Waals surface area contributed by atoms with E-state index in [9.17, 15) is 4.79 Å². The first-order valence-corrected chi connectivity index (χ1v) is 9.54. The fourth-order valence-electron chi connectivity index (χ4n) is 3.01. The van der Waals surface area contributed by atoms with Crippen LogP contribution in [0.4, 0.5) is 0 Å². The number of hydrogen-bond donors (Lipinski definition) is 1. The summed E-state index contributed by atoms with van der Waals surface area (Å²) in [5.41, 5.74) is 2.73. The van der Waals surface area contributed by atoms with Gasteiger partial charge in [-0.15, -0.1) is 11.3 Å². The van der Waals surface area contributed by atoms with E-state index in [0.717, 1.165) is 23.5 Å². The number of rotatable bonds is 6. The number of aryl methyl sites for hydroxylation is 2. The topological polar surface area (TPSA) is 77.2 Å². The minimum atomic E-state index is -0.224. The molecule has 3 aromatic rings. The average molecular weight is 369 g/mol. The van der Waals surface area contributed by atoms with Gasteiger partial charge in [0, 0.05) is 0 Å². The Balaban J connectivity index is 1.27. The Bertz CT molecular complexity index is 889. The molecule has 7 heteroatoms. The molecular formula is C19H19N3O3S. The van der Waals surface area contributed by atoms with E-state index in [4.69, 9.17) is 9.26 Å². The minimum Gasteiger partial charge on any atom is -0.484 e. The van der Waals surface area contributed by atoms with Gasteiger partial charge in [0.05, 0.1) is 11.4 Å². The van der Waals surface area contributed by atoms with Crippen molar-refractivity contribution in [2.75, 3.05) is 6.61 Å². The van der Waals surface area contributed by atoms with E-state index in [1.807, 2.05) is 29.6 Å². The summed E-state index contributed by atoms with van der Waals surface area (Å²) in [6, 6.07) is 9.93. The zero-order valence-corrected chi connectivity index (χ0v) is 15.1. The van der Waals surface area contributed by atoms with E-state index < -0.39 is 0 Å². The summed E-state index contributed by atoms with van der Waals surface area (Å²) >= 11 is 1.54. The highest BCUT2D eigenvalue weighted by atomic mass is 32.1. The maximum absolute atomic E-state index is 12.0. The van der Waals surface area contributed by atoms with E-state index in [1.54, 1.807) is 0 Å². The summed E-state index contributed by atoms with van der Waals surface area (Å²) in [5.74, 6) is 1.42. The van der Waals surface area contributed by atoms with Gasteiger partial charge >= 0.3 is 0 Å². The van der Waals surface area contributed by atoms with Crippen molar-refractivity contribution < 1.29 is 14.1 Å². The van der Waals surface area contributed by atoms with E-state index in [-0.39, 0.29) is 19.1 Å². The summed E-state index contributed by atoms with van der Waals surface area (Å²) in [5, 5.41) is 8.60. The molecular weight excluding hydrogens is 350 g/mol. The molecule has 4 rings (SSSR count). The predicted molar refractivity (Wildman–Crippen MR) is 98.0 cm³/mol. The fraction of sp³-hybridized carbons (Fsp3) is 0.316. The molecule has 0 saturated carbocycles. The molecule has 6 nitrogen and oxygen atoms in total. The molecule has 1 aliphatic carbocycles. The van der Waals surface area contributed by atoms with Crippen molar-refractivity contribution in [2.24, 2.45) is 0 Å². The van der Waals surface area contributed by atoms with Crippen LogP contribution in [0, 0.1) is 0 Å². The lowest BCUT2D eigenvalue weighted by atomic mass is 9.92. The number of thiophene rings is 1. The summed E-state index contributed by atoms with van der Waals surface area (Å²) in [6.07, 6.45) is 4.68. The fourth-order valence-corrected chi connectivity index (χ4v) is 3.66. The number of carbonyl (C=O) groups excluding carboxylic acids is 1. The average Bonchev–Trinajstić information content (AvgIpc) is 3.36. The molecule has 0 saturated heterocycles. The van der Waals surface area contributed by atoms with Crippen LogP contribution in [0.25, 0.3) is 10.7 Å². The van der Waals surface area contributed by atoms with E-state index in [2.05, 4.69) is 21.5 Å². The van der Waals surface area contributed by atoms with Crippen LogP contribution < -0.4 is 10.1 Å². The van der Waals surface area contributed by atoms with Gasteiger partial charge in [-0.05, 0) is 60.4 Å². The number of ether oxygens (including phenoxy) is 1. The van der Waals surface area contributed by atoms with Crippen molar-refractivity contribution in [2.45, 2.75) is 32.2 Å². The van der Waals surface area contributed by atoms with Crippen LogP contribution in [0.15, 0.2) is 40.2 Å². The Morgan fingerprint density at radius 3 is 2.96 bits per heavy atom. The van der Waals surface area contributed by atoms with Crippen LogP contribution in [-0.4, -0.2) is 22.7 Å². The first kappa shape index (κ1) is 16.8. The zero-order valence-electron chi connectivity index (χ0n) is 14.2. The first-order valence-electron chi connectivity index (χ1n) is 8.66. The summed E-state index contributed by atoms with van der Waals surface area (Å²) in [7, 11) is 0. The number of carbonyl (C=O) groups is 1. The van der Waals surface area contributed by atoms with Crippen molar-refractivity contribution in [1.29, 1.82) is 0 Å². The molecule has 0 spiro atoms. The lowest BCUT2D eigenvalue weighted by Crippen LogP contribution is -2.28. The van der Waals surface area contributed by atoms with Gasteiger partial charge in [-0.2, -0.15) is 4.98 Å². The molecule has 1 amide bonds. The highest BCUT2D eigenvalue weighted by Gasteiger charge is 2.12. The Kier molecular flexibility index (Phi) is 4.97. The van der Waals surface area contributed by atoms with Crippen LogP contribution in [0.5, 0.6) is 5.75 Å². The number of nitrogens with zero attached hydrogens (tertiary/aromatic N) is 2. The quantitative estimate of drug-likeness (QED) is 0.721. The van der Waals surface area contributed by atoms with E-state index >= 15 is 0 Å². The number of fused-ring (bicyclic) bond motifs is 1. The van der Waals surface area contributed by atoms with Crippen molar-refractivity contribution in [3.8, 4) is 16.5 Å². The number of benzene rings is 1. The third kappa shape index (κ3) is 3.94. The number of nitrogens with one attached hydrogen (secondary N) is 1. The molecule has 134 valence electrons. The van der Waals surface area contributed by atoms with Gasteiger partial charge in [-0.3, -0.25) is 4.79 Å². The molecule has 0 atom stereocenters. The lowest BCUT2D eigenvalue weighted by molar-refractivity contribution is -0.123. The molecule has 0 unspecified atom stereocenters. The minimum absolute atomic E-state index is 0.0370. The molecule has 0 aliphatic heterocycles. The molecule has 26 heavy (non-hydrogen) atoms. The van der Waals surface area contributed by atoms with Crippen LogP contribution in [0.2, 0.25) is 0 Å². The largest absolute Gasteiger partial charge is 0.484 e. The van der Waals surface area contributed by atoms with Gasteiger partial charge in [-0.25, -0.2) is 0 Å². The third-order valence-corrected chi connectivity index (χ3v) is 5.20. The Morgan fingerprint density at radius 2 is 2.12 bits per heavy atom. The first-order chi connectivity index (χ1) is 12.8. The smallest absolute Gasteiger partial charge is 0.258 e. The second-order valence-corrected chi connectivity index (χ2v) is 7.14. The summed E-state index contributed by atoms with van der Waals surface area (Å²) < 4.78 is 10.8. The maximum Gasteiger partial charge on any atom is 0.258 e. The van der Waals surface area contributed by atoms with Crippen LogP contribution in [0.1, 0.15) is 29.9 Å². The molecule has 1 aliphatic rings. The number of amides is 1. The van der Waals surface area contributed by atoms with Crippen LogP contribution >= 0.6 is 11.3 Å². The predicted octanol–water partition coefficient (Wildman–Crippen LogP) is 3.37. The second kappa shape index (κ2) is 7.70. The van der Waals surface area contributed by atoms with Gasteiger partial charge in [-0.1, -0.05) is 17.3 Å². The Morgan fingerprint density at radius 1 is 1.23 bits per heavy atom. The Hall–Kier alpha value is -2.67. The SMILES string of the molecule is O=C(COc1ccc2c(c1)CCCC2)NCc1nc(-c2cccs2)no1. The molecule has 1 N–H and O–H groups in total. The second-order valence-electron chi connectivity index (χ2n) is 6.19. The number of aromatic nitrogens is 2. The molecule has 0 fully saturated rings. The van der Waals surface area contributed by atoms with Crippen molar-refractivity contribution in [3.63, 3.8) is 0 Å². The monoisotopic (exact) mass is 369 g/mol. The molecule has 2 aromatic heterocycles. The highest BCUT2D eigenvalue weighted by molar-refractivity contribution is 7.13. The van der Waals surface area contributed by atoms with Crippen molar-refractivity contribution >= 4 is 17.2 Å². The van der Waals surface area contributed by atoms with Gasteiger partial charge in [0.2, 0.25) is 11.7 Å². The lowest BCUT2D eigenvalue weighted by Gasteiger charge is -2.16. The molecule has 1 aromatic carbocycles. The van der Waals surface area contributed by atoms with Gasteiger partial charge in [0.1, 0.15) is 5.75 Å². The number of hydrogen-bond acceptors (Lipinski definition) is 6. The highest BCUT2D eigenvalue weighted by Crippen LogP contribution is 2.25. The summed E-state index contributed by atoms with van der Waals surface area (Å²) in [4.78, 5) is 17.2. The van der Waals surface area contributed by atoms with Crippen LogP contribution in [0.3, 0.4) is 0 Å². The Labute approximate surface area is 155 Å². The van der Waals surface area contributed by atoms with E-state index in [1.165, 1.54) is 35.3 Å². The van der Waals surface area contributed by atoms with Gasteiger partial charge < -0.3 is 14.6 Å². The van der Waals surface area contributed by atoms with Crippen molar-refractivity contribution in [1.82, 2.24) is 15.5 Å². The standard InChI is InChI=1S/C19H19N3O3S/c23-17(12-24-15-8-7-13-4-1-2-5-14(13)10-15)20-11-18-21-19(22-25-18)16-6-3-9-26-16/h3,6-10H,1-2,4-5,11-12H2,(H,20,23). The van der Waals surface area contributed by atoms with Crippen LogP contribution in [-0.2, 0) is 24.2 Å². The van der Waals surface area contributed by atoms with Crippen molar-refractivity contribution in [3.05, 3.63) is 52.7 Å². The van der Waals surface area contributed by atoms with Gasteiger partial charge in [0.25, 0.3) is 5.91 Å².